The van der Waals surface area contributed by atoms with Crippen molar-refractivity contribution in [3.8, 4) is 11.4 Å². The van der Waals surface area contributed by atoms with Crippen LogP contribution < -0.4 is 10.2 Å². The first-order chi connectivity index (χ1) is 15.2. The third-order valence-corrected chi connectivity index (χ3v) is 5.61. The van der Waals surface area contributed by atoms with Crippen molar-refractivity contribution in [2.45, 2.75) is 19.3 Å². The van der Waals surface area contributed by atoms with E-state index in [0.717, 1.165) is 53.9 Å². The van der Waals surface area contributed by atoms with E-state index in [9.17, 15) is 4.79 Å². The van der Waals surface area contributed by atoms with E-state index in [-0.39, 0.29) is 5.91 Å². The minimum Gasteiger partial charge on any atom is -0.357 e. The number of fused-ring (bicyclic) bond motifs is 1. The van der Waals surface area contributed by atoms with Gasteiger partial charge in [0.05, 0.1) is 23.9 Å². The first-order valence-corrected chi connectivity index (χ1v) is 10.4. The number of nitrogens with zero attached hydrogens (tertiary/aromatic N) is 6. The zero-order chi connectivity index (χ0) is 21.2. The number of carbonyl (C=O) groups excluding carboxylic acids is 1. The molecule has 0 bridgehead atoms. The molecule has 0 aliphatic carbocycles. The van der Waals surface area contributed by atoms with E-state index in [1.807, 2.05) is 29.8 Å². The molecule has 1 aliphatic heterocycles. The predicted molar refractivity (Wildman–Crippen MR) is 120 cm³/mol. The maximum atomic E-state index is 12.9. The first kappa shape index (κ1) is 19.2. The molecule has 1 saturated heterocycles. The van der Waals surface area contributed by atoms with Crippen LogP contribution in [0.25, 0.3) is 22.2 Å². The quantitative estimate of drug-likeness (QED) is 0.549. The van der Waals surface area contributed by atoms with Crippen LogP contribution in [0.4, 0.5) is 11.6 Å². The highest BCUT2D eigenvalue weighted by molar-refractivity contribution is 6.05. The van der Waals surface area contributed by atoms with E-state index in [1.54, 1.807) is 37.2 Å². The summed E-state index contributed by atoms with van der Waals surface area (Å²) in [6, 6.07) is 7.42. The Balaban J connectivity index is 1.38. The summed E-state index contributed by atoms with van der Waals surface area (Å²) in [4.78, 5) is 32.6. The van der Waals surface area contributed by atoms with Crippen LogP contribution in [0.1, 0.15) is 29.6 Å². The number of imidazole rings is 1. The highest BCUT2D eigenvalue weighted by atomic mass is 16.1. The fourth-order valence-electron chi connectivity index (χ4n) is 3.89. The van der Waals surface area contributed by atoms with Crippen molar-refractivity contribution in [3.63, 3.8) is 0 Å². The number of anilines is 2. The minimum absolute atomic E-state index is 0.201. The molecule has 8 nitrogen and oxygen atoms in total. The fourth-order valence-corrected chi connectivity index (χ4v) is 3.89. The SMILES string of the molecule is Cn1cncc1-c1cc2cc(NC(=O)c3ccnc(N4CCCCC4)c3)ncc2cn1. The smallest absolute Gasteiger partial charge is 0.257 e. The van der Waals surface area contributed by atoms with Gasteiger partial charge in [0.25, 0.3) is 5.91 Å². The van der Waals surface area contributed by atoms with Gasteiger partial charge in [-0.1, -0.05) is 0 Å². The number of carbonyl (C=O) groups is 1. The number of hydrogen-bond acceptors (Lipinski definition) is 6. The maximum Gasteiger partial charge on any atom is 0.257 e. The van der Waals surface area contributed by atoms with Crippen LogP contribution in [0.2, 0.25) is 0 Å². The molecule has 4 aromatic heterocycles. The van der Waals surface area contributed by atoms with E-state index in [2.05, 4.69) is 30.2 Å². The lowest BCUT2D eigenvalue weighted by Crippen LogP contribution is -2.30. The van der Waals surface area contributed by atoms with Crippen molar-refractivity contribution in [2.75, 3.05) is 23.3 Å². The molecule has 1 aliphatic rings. The second-order valence-corrected chi connectivity index (χ2v) is 7.78. The second-order valence-electron chi connectivity index (χ2n) is 7.78. The number of nitrogens with one attached hydrogen (secondary N) is 1. The summed E-state index contributed by atoms with van der Waals surface area (Å²) in [5.74, 6) is 1.15. The van der Waals surface area contributed by atoms with Crippen LogP contribution >= 0.6 is 0 Å². The predicted octanol–water partition coefficient (Wildman–Crippen LogP) is 3.67. The average molecular weight is 413 g/mol. The van der Waals surface area contributed by atoms with Crippen LogP contribution in [-0.2, 0) is 7.05 Å². The third-order valence-electron chi connectivity index (χ3n) is 5.61. The van der Waals surface area contributed by atoms with E-state index in [4.69, 9.17) is 0 Å². The average Bonchev–Trinajstić information content (AvgIpc) is 3.25. The molecule has 0 unspecified atom stereocenters. The number of piperidine rings is 1. The van der Waals surface area contributed by atoms with Crippen molar-refractivity contribution < 1.29 is 4.79 Å². The van der Waals surface area contributed by atoms with Crippen LogP contribution in [0.15, 0.2) is 55.4 Å². The molecule has 0 spiro atoms. The summed E-state index contributed by atoms with van der Waals surface area (Å²) in [5, 5.41) is 4.76. The van der Waals surface area contributed by atoms with Gasteiger partial charge >= 0.3 is 0 Å². The van der Waals surface area contributed by atoms with Crippen molar-refractivity contribution in [3.05, 3.63) is 60.9 Å². The Kier molecular flexibility index (Phi) is 5.03. The Morgan fingerprint density at radius 2 is 1.81 bits per heavy atom. The summed E-state index contributed by atoms with van der Waals surface area (Å²) in [7, 11) is 1.93. The monoisotopic (exact) mass is 413 g/mol. The minimum atomic E-state index is -0.201. The summed E-state index contributed by atoms with van der Waals surface area (Å²) >= 11 is 0. The van der Waals surface area contributed by atoms with Gasteiger partial charge in [0.1, 0.15) is 11.6 Å². The number of aryl methyl sites for hydroxylation is 1. The normalized spacial score (nSPS) is 14.0. The van der Waals surface area contributed by atoms with E-state index in [0.29, 0.717) is 11.4 Å². The number of amides is 1. The van der Waals surface area contributed by atoms with Gasteiger partial charge in [0.2, 0.25) is 0 Å². The van der Waals surface area contributed by atoms with Crippen molar-refractivity contribution >= 4 is 28.3 Å². The van der Waals surface area contributed by atoms with Crippen molar-refractivity contribution in [2.24, 2.45) is 7.05 Å². The Morgan fingerprint density at radius 3 is 2.61 bits per heavy atom. The van der Waals surface area contributed by atoms with Gasteiger partial charge in [-0.25, -0.2) is 15.0 Å². The maximum absolute atomic E-state index is 12.9. The molecule has 1 fully saturated rings. The van der Waals surface area contributed by atoms with Crippen LogP contribution in [0.3, 0.4) is 0 Å². The molecule has 31 heavy (non-hydrogen) atoms. The summed E-state index contributed by atoms with van der Waals surface area (Å²) in [6.07, 6.45) is 12.3. The molecular weight excluding hydrogens is 390 g/mol. The summed E-state index contributed by atoms with van der Waals surface area (Å²) in [6.45, 7) is 1.97. The highest BCUT2D eigenvalue weighted by Crippen LogP contribution is 2.23. The topological polar surface area (TPSA) is 88.8 Å². The summed E-state index contributed by atoms with van der Waals surface area (Å²) in [5.41, 5.74) is 2.31. The molecule has 156 valence electrons. The zero-order valence-corrected chi connectivity index (χ0v) is 17.3. The number of hydrogen-bond donors (Lipinski definition) is 1. The Labute approximate surface area is 180 Å². The number of aromatic nitrogens is 5. The van der Waals surface area contributed by atoms with Gasteiger partial charge in [-0.2, -0.15) is 0 Å². The molecular formula is C23H23N7O. The molecule has 0 saturated carbocycles. The highest BCUT2D eigenvalue weighted by Gasteiger charge is 2.15. The largest absolute Gasteiger partial charge is 0.357 e. The Morgan fingerprint density at radius 1 is 0.968 bits per heavy atom. The summed E-state index contributed by atoms with van der Waals surface area (Å²) < 4.78 is 1.92. The lowest BCUT2D eigenvalue weighted by Gasteiger charge is -2.27. The van der Waals surface area contributed by atoms with E-state index >= 15 is 0 Å². The van der Waals surface area contributed by atoms with Gasteiger partial charge in [-0.3, -0.25) is 9.78 Å². The lowest BCUT2D eigenvalue weighted by molar-refractivity contribution is 0.102. The van der Waals surface area contributed by atoms with E-state index in [1.165, 1.54) is 6.42 Å². The van der Waals surface area contributed by atoms with Crippen LogP contribution in [0.5, 0.6) is 0 Å². The van der Waals surface area contributed by atoms with Gasteiger partial charge in [-0.15, -0.1) is 0 Å². The molecule has 0 aromatic carbocycles. The Hall–Kier alpha value is -3.81. The standard InChI is InChI=1S/C23H23N7O/c1-29-15-24-14-20(29)19-9-17-10-21(27-13-18(17)12-26-19)28-23(31)16-5-6-25-22(11-16)30-7-3-2-4-8-30/h5-6,9-15H,2-4,7-8H2,1H3,(H,27,28,31). The lowest BCUT2D eigenvalue weighted by atomic mass is 10.1. The number of pyridine rings is 3. The molecule has 1 amide bonds. The molecule has 4 aromatic rings. The number of rotatable bonds is 4. The molecule has 8 heteroatoms. The molecule has 5 heterocycles. The second kappa shape index (κ2) is 8.14. The van der Waals surface area contributed by atoms with E-state index < -0.39 is 0 Å². The Bertz CT molecular complexity index is 1240. The molecule has 0 radical (unpaired) electrons. The first-order valence-electron chi connectivity index (χ1n) is 10.4. The van der Waals surface area contributed by atoms with Gasteiger partial charge in [0, 0.05) is 49.7 Å². The van der Waals surface area contributed by atoms with Gasteiger partial charge in [0.15, 0.2) is 0 Å². The van der Waals surface area contributed by atoms with Crippen LogP contribution in [0, 0.1) is 0 Å². The molecule has 0 atom stereocenters. The fraction of sp³-hybridized carbons (Fsp3) is 0.261. The van der Waals surface area contributed by atoms with Crippen LogP contribution in [-0.4, -0.2) is 43.5 Å². The van der Waals surface area contributed by atoms with Gasteiger partial charge < -0.3 is 14.8 Å². The third kappa shape index (κ3) is 3.96. The zero-order valence-electron chi connectivity index (χ0n) is 17.3. The van der Waals surface area contributed by atoms with Crippen molar-refractivity contribution in [1.82, 2.24) is 24.5 Å². The molecule has 1 N–H and O–H groups in total. The van der Waals surface area contributed by atoms with Crippen molar-refractivity contribution in [1.29, 1.82) is 0 Å². The molecule has 5 rings (SSSR count). The van der Waals surface area contributed by atoms with Gasteiger partial charge in [-0.05, 0) is 48.9 Å².